The summed E-state index contributed by atoms with van der Waals surface area (Å²) in [6, 6.07) is 10.7. The van der Waals surface area contributed by atoms with Crippen LogP contribution < -0.4 is 0 Å². The van der Waals surface area contributed by atoms with Crippen molar-refractivity contribution in [2.45, 2.75) is 31.6 Å². The molecule has 0 spiro atoms. The first-order valence-electron chi connectivity index (χ1n) is 4.64. The minimum Gasteiger partial charge on any atom is -0.198 e. The number of nitrogens with zero attached hydrogens (tertiary/aromatic N) is 1. The molecule has 66 valence electrons. The van der Waals surface area contributed by atoms with Gasteiger partial charge in [-0.15, -0.1) is 0 Å². The van der Waals surface area contributed by atoms with E-state index >= 15 is 0 Å². The summed E-state index contributed by atoms with van der Waals surface area (Å²) in [5.41, 5.74) is 2.76. The van der Waals surface area contributed by atoms with E-state index in [1.807, 2.05) is 6.07 Å². The lowest BCUT2D eigenvalue weighted by Crippen LogP contribution is -2.11. The van der Waals surface area contributed by atoms with Crippen molar-refractivity contribution in [2.75, 3.05) is 0 Å². The molecule has 0 amide bonds. The highest BCUT2D eigenvalue weighted by molar-refractivity contribution is 5.44. The molecular weight excluding hydrogens is 158 g/mol. The Morgan fingerprint density at radius 3 is 2.77 bits per heavy atom. The lowest BCUT2D eigenvalue weighted by molar-refractivity contribution is 0.506. The van der Waals surface area contributed by atoms with E-state index in [2.05, 4.69) is 38.1 Å². The van der Waals surface area contributed by atoms with Gasteiger partial charge in [-0.25, -0.2) is 0 Å². The van der Waals surface area contributed by atoms with Gasteiger partial charge in [0.15, 0.2) is 0 Å². The molecule has 0 aliphatic heterocycles. The zero-order chi connectivity index (χ0) is 9.47. The summed E-state index contributed by atoms with van der Waals surface area (Å²) < 4.78 is 0. The predicted molar refractivity (Wildman–Crippen MR) is 52.4 cm³/mol. The fraction of sp³-hybridized carbons (Fsp3) is 0.417. The van der Waals surface area contributed by atoms with Gasteiger partial charge in [0.25, 0.3) is 0 Å². The second kappa shape index (κ2) is 2.60. The molecule has 0 heterocycles. The van der Waals surface area contributed by atoms with E-state index in [0.717, 1.165) is 6.42 Å². The van der Waals surface area contributed by atoms with Crippen LogP contribution >= 0.6 is 0 Å². The SMILES string of the molecule is CC1(C)CC(C#N)c2ccccc21. The normalized spacial score (nSPS) is 23.6. The quantitative estimate of drug-likeness (QED) is 0.588. The van der Waals surface area contributed by atoms with E-state index < -0.39 is 0 Å². The molecule has 0 N–H and O–H groups in total. The Labute approximate surface area is 79.0 Å². The number of hydrogen-bond donors (Lipinski definition) is 0. The van der Waals surface area contributed by atoms with Crippen molar-refractivity contribution in [3.63, 3.8) is 0 Å². The van der Waals surface area contributed by atoms with E-state index in [0.29, 0.717) is 0 Å². The van der Waals surface area contributed by atoms with E-state index in [-0.39, 0.29) is 11.3 Å². The Morgan fingerprint density at radius 1 is 1.38 bits per heavy atom. The number of hydrogen-bond acceptors (Lipinski definition) is 1. The Hall–Kier alpha value is -1.29. The Kier molecular flexibility index (Phi) is 1.66. The molecule has 0 saturated carbocycles. The zero-order valence-corrected chi connectivity index (χ0v) is 8.04. The second-order valence-electron chi connectivity index (χ2n) is 4.36. The van der Waals surface area contributed by atoms with Crippen molar-refractivity contribution >= 4 is 0 Å². The van der Waals surface area contributed by atoms with Crippen molar-refractivity contribution in [1.82, 2.24) is 0 Å². The molecule has 1 nitrogen and oxygen atoms in total. The summed E-state index contributed by atoms with van der Waals surface area (Å²) in [6.45, 7) is 4.42. The second-order valence-corrected chi connectivity index (χ2v) is 4.36. The molecule has 1 aromatic rings. The van der Waals surface area contributed by atoms with Crippen LogP contribution in [-0.4, -0.2) is 0 Å². The van der Waals surface area contributed by atoms with Crippen molar-refractivity contribution in [2.24, 2.45) is 0 Å². The van der Waals surface area contributed by atoms with Crippen LogP contribution in [0.1, 0.15) is 37.3 Å². The lowest BCUT2D eigenvalue weighted by Gasteiger charge is -2.18. The number of fused-ring (bicyclic) bond motifs is 1. The van der Waals surface area contributed by atoms with Gasteiger partial charge in [-0.2, -0.15) is 5.26 Å². The van der Waals surface area contributed by atoms with Crippen molar-refractivity contribution in [3.05, 3.63) is 35.4 Å². The smallest absolute Gasteiger partial charge is 0.0723 e. The number of nitriles is 1. The monoisotopic (exact) mass is 171 g/mol. The fourth-order valence-electron chi connectivity index (χ4n) is 2.26. The standard InChI is InChI=1S/C12H13N/c1-12(2)7-9(8-13)10-5-3-4-6-11(10)12/h3-6,9H,7H2,1-2H3. The highest BCUT2D eigenvalue weighted by Gasteiger charge is 2.36. The van der Waals surface area contributed by atoms with Crippen molar-refractivity contribution in [1.29, 1.82) is 5.26 Å². The van der Waals surface area contributed by atoms with Crippen molar-refractivity contribution in [3.8, 4) is 6.07 Å². The summed E-state index contributed by atoms with van der Waals surface area (Å²) >= 11 is 0. The van der Waals surface area contributed by atoms with Crippen LogP contribution in [-0.2, 0) is 5.41 Å². The molecule has 1 aliphatic carbocycles. The van der Waals surface area contributed by atoms with Gasteiger partial charge in [-0.1, -0.05) is 38.1 Å². The zero-order valence-electron chi connectivity index (χ0n) is 8.04. The maximum atomic E-state index is 9.00. The maximum absolute atomic E-state index is 9.00. The Balaban J connectivity index is 2.58. The molecule has 2 rings (SSSR count). The predicted octanol–water partition coefficient (Wildman–Crippen LogP) is 2.98. The van der Waals surface area contributed by atoms with Crippen LogP contribution in [0.5, 0.6) is 0 Å². The molecule has 0 fully saturated rings. The van der Waals surface area contributed by atoms with E-state index in [1.54, 1.807) is 0 Å². The van der Waals surface area contributed by atoms with Crippen LogP contribution in [0.4, 0.5) is 0 Å². The van der Waals surface area contributed by atoms with Gasteiger partial charge in [0.05, 0.1) is 12.0 Å². The maximum Gasteiger partial charge on any atom is 0.0723 e. The van der Waals surface area contributed by atoms with Gasteiger partial charge in [0, 0.05) is 0 Å². The van der Waals surface area contributed by atoms with Crippen LogP contribution in [0, 0.1) is 11.3 Å². The van der Waals surface area contributed by atoms with Crippen LogP contribution in [0.25, 0.3) is 0 Å². The third-order valence-electron chi connectivity index (χ3n) is 2.94. The van der Waals surface area contributed by atoms with Gasteiger partial charge in [0.2, 0.25) is 0 Å². The van der Waals surface area contributed by atoms with E-state index in [4.69, 9.17) is 5.26 Å². The molecule has 1 unspecified atom stereocenters. The molecule has 0 saturated heterocycles. The molecule has 1 atom stereocenters. The van der Waals surface area contributed by atoms with Crippen LogP contribution in [0.2, 0.25) is 0 Å². The van der Waals surface area contributed by atoms with Crippen LogP contribution in [0.15, 0.2) is 24.3 Å². The first-order valence-corrected chi connectivity index (χ1v) is 4.64. The van der Waals surface area contributed by atoms with Gasteiger partial charge < -0.3 is 0 Å². The number of rotatable bonds is 0. The Morgan fingerprint density at radius 2 is 2.08 bits per heavy atom. The van der Waals surface area contributed by atoms with Gasteiger partial charge >= 0.3 is 0 Å². The third kappa shape index (κ3) is 1.14. The molecule has 13 heavy (non-hydrogen) atoms. The molecule has 1 heteroatoms. The van der Waals surface area contributed by atoms with Crippen LogP contribution in [0.3, 0.4) is 0 Å². The largest absolute Gasteiger partial charge is 0.198 e. The average Bonchev–Trinajstić information content (AvgIpc) is 2.39. The molecular formula is C12H13N. The molecule has 1 aromatic carbocycles. The lowest BCUT2D eigenvalue weighted by atomic mass is 9.86. The fourth-order valence-corrected chi connectivity index (χ4v) is 2.26. The topological polar surface area (TPSA) is 23.8 Å². The minimum atomic E-state index is 0.103. The summed E-state index contributed by atoms with van der Waals surface area (Å²) in [5, 5.41) is 9.00. The summed E-state index contributed by atoms with van der Waals surface area (Å²) in [7, 11) is 0. The first-order chi connectivity index (χ1) is 6.15. The Bertz CT molecular complexity index is 371. The van der Waals surface area contributed by atoms with Gasteiger partial charge in [-0.3, -0.25) is 0 Å². The summed E-state index contributed by atoms with van der Waals surface area (Å²) in [6.07, 6.45) is 0.961. The molecule has 0 bridgehead atoms. The van der Waals surface area contributed by atoms with Gasteiger partial charge in [-0.05, 0) is 23.0 Å². The van der Waals surface area contributed by atoms with Gasteiger partial charge in [0.1, 0.15) is 0 Å². The highest BCUT2D eigenvalue weighted by Crippen LogP contribution is 2.44. The molecule has 0 aromatic heterocycles. The van der Waals surface area contributed by atoms with E-state index in [9.17, 15) is 0 Å². The molecule has 0 radical (unpaired) electrons. The summed E-state index contributed by atoms with van der Waals surface area (Å²) in [5.74, 6) is 0.103. The summed E-state index contributed by atoms with van der Waals surface area (Å²) in [4.78, 5) is 0. The molecule has 1 aliphatic rings. The van der Waals surface area contributed by atoms with E-state index in [1.165, 1.54) is 11.1 Å². The third-order valence-corrected chi connectivity index (χ3v) is 2.94. The average molecular weight is 171 g/mol. The number of benzene rings is 1. The highest BCUT2D eigenvalue weighted by atomic mass is 14.4. The first kappa shape index (κ1) is 8.31. The van der Waals surface area contributed by atoms with Crippen molar-refractivity contribution < 1.29 is 0 Å². The minimum absolute atomic E-state index is 0.103.